The second-order valence-corrected chi connectivity index (χ2v) is 9.16. The summed E-state index contributed by atoms with van der Waals surface area (Å²) in [6.07, 6.45) is -0.626. The lowest BCUT2D eigenvalue weighted by Gasteiger charge is -2.32. The van der Waals surface area contributed by atoms with Crippen molar-refractivity contribution in [2.45, 2.75) is 32.2 Å². The fraction of sp³-hybridized carbons (Fsp3) is 0.250. The number of carboxylic acids is 1. The number of amides is 2. The van der Waals surface area contributed by atoms with Gasteiger partial charge in [0.2, 0.25) is 0 Å². The van der Waals surface area contributed by atoms with Crippen molar-refractivity contribution in [1.29, 1.82) is 0 Å². The number of carbonyl (C=O) groups excluding carboxylic acids is 2. The van der Waals surface area contributed by atoms with E-state index in [1.165, 1.54) is 25.8 Å². The third-order valence-electron chi connectivity index (χ3n) is 6.81. The molecular formula is C28H28N2O5. The maximum atomic E-state index is 13.0. The summed E-state index contributed by atoms with van der Waals surface area (Å²) in [7, 11) is 1.45. The predicted octanol–water partition coefficient (Wildman–Crippen LogP) is 5.29. The summed E-state index contributed by atoms with van der Waals surface area (Å²) in [6.45, 7) is 4.80. The van der Waals surface area contributed by atoms with E-state index >= 15 is 0 Å². The van der Waals surface area contributed by atoms with Gasteiger partial charge in [-0.2, -0.15) is 0 Å². The molecule has 1 aliphatic rings. The van der Waals surface area contributed by atoms with Crippen molar-refractivity contribution in [3.63, 3.8) is 0 Å². The predicted molar refractivity (Wildman–Crippen MR) is 134 cm³/mol. The van der Waals surface area contributed by atoms with Crippen molar-refractivity contribution in [1.82, 2.24) is 4.90 Å². The standard InChI is InChI=1S/C28H28N2O5/c1-17-18(25(31)30(4)28(2,3)26(32)33)14-9-15-24(17)29-27(34)35-16-23-21-12-7-5-10-19(21)20-11-6-8-13-22(20)23/h5-15,23H,16H2,1-4H3,(H,29,34)(H,32,33). The van der Waals surface area contributed by atoms with Crippen LogP contribution in [0.25, 0.3) is 11.1 Å². The summed E-state index contributed by atoms with van der Waals surface area (Å²) in [5.74, 6) is -1.63. The molecule has 0 heterocycles. The zero-order valence-corrected chi connectivity index (χ0v) is 20.2. The molecule has 0 bridgehead atoms. The van der Waals surface area contributed by atoms with Crippen LogP contribution in [0.5, 0.6) is 0 Å². The molecule has 0 saturated heterocycles. The molecule has 0 radical (unpaired) electrons. The smallest absolute Gasteiger partial charge is 0.411 e. The van der Waals surface area contributed by atoms with Gasteiger partial charge in [0.25, 0.3) is 5.91 Å². The van der Waals surface area contributed by atoms with Crippen molar-refractivity contribution < 1.29 is 24.2 Å². The first-order chi connectivity index (χ1) is 16.6. The molecule has 7 heteroatoms. The van der Waals surface area contributed by atoms with Crippen LogP contribution in [0, 0.1) is 6.92 Å². The van der Waals surface area contributed by atoms with Crippen LogP contribution in [0.1, 0.15) is 46.8 Å². The van der Waals surface area contributed by atoms with Crippen LogP contribution in [0.3, 0.4) is 0 Å². The topological polar surface area (TPSA) is 95.9 Å². The van der Waals surface area contributed by atoms with Gasteiger partial charge in [-0.25, -0.2) is 9.59 Å². The minimum absolute atomic E-state index is 0.0611. The number of likely N-dealkylation sites (N-methyl/N-ethyl adjacent to an activating group) is 1. The molecule has 0 saturated carbocycles. The van der Waals surface area contributed by atoms with E-state index in [2.05, 4.69) is 29.6 Å². The fourth-order valence-electron chi connectivity index (χ4n) is 4.33. The van der Waals surface area contributed by atoms with Crippen LogP contribution in [0.2, 0.25) is 0 Å². The van der Waals surface area contributed by atoms with E-state index in [9.17, 15) is 19.5 Å². The van der Waals surface area contributed by atoms with Gasteiger partial charge in [0.05, 0.1) is 0 Å². The zero-order chi connectivity index (χ0) is 25.3. The summed E-state index contributed by atoms with van der Waals surface area (Å²) in [5, 5.41) is 12.2. The number of carbonyl (C=O) groups is 3. The van der Waals surface area contributed by atoms with E-state index in [0.29, 0.717) is 16.8 Å². The van der Waals surface area contributed by atoms with Crippen molar-refractivity contribution in [3.05, 3.63) is 89.0 Å². The number of nitrogens with one attached hydrogen (secondary N) is 1. The zero-order valence-electron chi connectivity index (χ0n) is 20.2. The maximum Gasteiger partial charge on any atom is 0.411 e. The van der Waals surface area contributed by atoms with Gasteiger partial charge in [-0.1, -0.05) is 54.6 Å². The van der Waals surface area contributed by atoms with E-state index in [1.807, 2.05) is 24.3 Å². The SMILES string of the molecule is Cc1c(NC(=O)OCC2c3ccccc3-c3ccccc32)cccc1C(=O)N(C)C(C)(C)C(=O)O. The van der Waals surface area contributed by atoms with Crippen LogP contribution in [-0.4, -0.2) is 47.2 Å². The van der Waals surface area contributed by atoms with Gasteiger partial charge in [-0.05, 0) is 60.7 Å². The van der Waals surface area contributed by atoms with Gasteiger partial charge in [0, 0.05) is 24.2 Å². The molecule has 3 aromatic rings. The molecule has 35 heavy (non-hydrogen) atoms. The van der Waals surface area contributed by atoms with E-state index in [-0.39, 0.29) is 12.5 Å². The number of hydrogen-bond donors (Lipinski definition) is 2. The Balaban J connectivity index is 1.48. The number of fused-ring (bicyclic) bond motifs is 3. The van der Waals surface area contributed by atoms with Gasteiger partial charge in [-0.3, -0.25) is 10.1 Å². The molecule has 1 aliphatic carbocycles. The van der Waals surface area contributed by atoms with Crippen molar-refractivity contribution in [2.75, 3.05) is 19.0 Å². The van der Waals surface area contributed by atoms with Gasteiger partial charge >= 0.3 is 12.1 Å². The van der Waals surface area contributed by atoms with Crippen molar-refractivity contribution in [3.8, 4) is 11.1 Å². The highest BCUT2D eigenvalue weighted by molar-refractivity contribution is 6.00. The molecule has 0 spiro atoms. The fourth-order valence-corrected chi connectivity index (χ4v) is 4.33. The largest absolute Gasteiger partial charge is 0.480 e. The van der Waals surface area contributed by atoms with Crippen LogP contribution in [-0.2, 0) is 9.53 Å². The Labute approximate surface area is 204 Å². The van der Waals surface area contributed by atoms with Crippen LogP contribution in [0.15, 0.2) is 66.7 Å². The number of carboxylic acid groups (broad SMARTS) is 1. The Kier molecular flexibility index (Phi) is 6.35. The van der Waals surface area contributed by atoms with E-state index in [4.69, 9.17) is 4.74 Å². The third-order valence-corrected chi connectivity index (χ3v) is 6.81. The molecule has 2 N–H and O–H groups in total. The molecule has 0 atom stereocenters. The molecule has 2 amide bonds. The summed E-state index contributed by atoms with van der Waals surface area (Å²) < 4.78 is 5.61. The highest BCUT2D eigenvalue weighted by atomic mass is 16.5. The monoisotopic (exact) mass is 472 g/mol. The van der Waals surface area contributed by atoms with E-state index in [1.54, 1.807) is 25.1 Å². The number of aliphatic carboxylic acids is 1. The first kappa shape index (κ1) is 24.0. The minimum Gasteiger partial charge on any atom is -0.480 e. The number of rotatable bonds is 6. The van der Waals surface area contributed by atoms with Gasteiger partial charge < -0.3 is 14.7 Å². The first-order valence-corrected chi connectivity index (χ1v) is 11.4. The van der Waals surface area contributed by atoms with Crippen molar-refractivity contribution >= 4 is 23.7 Å². The second kappa shape index (κ2) is 9.25. The highest BCUT2D eigenvalue weighted by Gasteiger charge is 2.36. The number of anilines is 1. The second-order valence-electron chi connectivity index (χ2n) is 9.16. The van der Waals surface area contributed by atoms with E-state index in [0.717, 1.165) is 22.3 Å². The maximum absolute atomic E-state index is 13.0. The molecule has 4 rings (SSSR count). The number of nitrogens with zero attached hydrogens (tertiary/aromatic N) is 1. The summed E-state index contributed by atoms with van der Waals surface area (Å²) >= 11 is 0. The number of ether oxygens (including phenoxy) is 1. The first-order valence-electron chi connectivity index (χ1n) is 11.4. The molecule has 0 unspecified atom stereocenters. The van der Waals surface area contributed by atoms with Gasteiger partial charge in [0.1, 0.15) is 12.1 Å². The Morgan fingerprint density at radius 3 is 2.09 bits per heavy atom. The lowest BCUT2D eigenvalue weighted by Crippen LogP contribution is -2.50. The summed E-state index contributed by atoms with van der Waals surface area (Å²) in [5.41, 5.74) is 4.40. The summed E-state index contributed by atoms with van der Waals surface area (Å²) in [4.78, 5) is 38.4. The third kappa shape index (κ3) is 4.37. The average molecular weight is 473 g/mol. The van der Waals surface area contributed by atoms with E-state index < -0.39 is 23.5 Å². The Morgan fingerprint density at radius 1 is 0.943 bits per heavy atom. The summed E-state index contributed by atoms with van der Waals surface area (Å²) in [6, 6.07) is 21.1. The normalized spacial score (nSPS) is 12.5. The minimum atomic E-state index is -1.39. The number of hydrogen-bond acceptors (Lipinski definition) is 4. The molecule has 3 aromatic carbocycles. The van der Waals surface area contributed by atoms with Crippen LogP contribution < -0.4 is 5.32 Å². The quantitative estimate of drug-likeness (QED) is 0.508. The Bertz CT molecular complexity index is 1270. The lowest BCUT2D eigenvalue weighted by molar-refractivity contribution is -0.147. The number of benzene rings is 3. The van der Waals surface area contributed by atoms with Gasteiger partial charge in [-0.15, -0.1) is 0 Å². The molecular weight excluding hydrogens is 444 g/mol. The molecule has 0 aromatic heterocycles. The molecule has 180 valence electrons. The molecule has 0 fully saturated rings. The Morgan fingerprint density at radius 2 is 1.51 bits per heavy atom. The van der Waals surface area contributed by atoms with Gasteiger partial charge in [0.15, 0.2) is 0 Å². The van der Waals surface area contributed by atoms with Crippen molar-refractivity contribution in [2.24, 2.45) is 0 Å². The lowest BCUT2D eigenvalue weighted by atomic mass is 9.98. The van der Waals surface area contributed by atoms with Crippen LogP contribution in [0.4, 0.5) is 10.5 Å². The molecule has 0 aliphatic heterocycles. The molecule has 7 nitrogen and oxygen atoms in total. The van der Waals surface area contributed by atoms with Crippen LogP contribution >= 0.6 is 0 Å². The highest BCUT2D eigenvalue weighted by Crippen LogP contribution is 2.44. The Hall–Kier alpha value is -4.13. The average Bonchev–Trinajstić information content (AvgIpc) is 3.16.